The van der Waals surface area contributed by atoms with Gasteiger partial charge in [0.2, 0.25) is 5.91 Å². The first-order valence-corrected chi connectivity index (χ1v) is 9.45. The molecule has 3 aromatic rings. The molecule has 0 aliphatic heterocycles. The predicted molar refractivity (Wildman–Crippen MR) is 102 cm³/mol. The molecule has 0 spiro atoms. The number of carbonyl (C=O) groups is 1. The average molecular weight is 368 g/mol. The highest BCUT2D eigenvalue weighted by Gasteiger charge is 2.11. The fourth-order valence-electron chi connectivity index (χ4n) is 2.12. The number of pyridine rings is 1. The molecule has 0 fully saturated rings. The van der Waals surface area contributed by atoms with Crippen LogP contribution >= 0.6 is 23.5 Å². The molecular formula is C19H16N2O2S2. The number of aromatic nitrogens is 1. The number of anilines is 1. The Hall–Kier alpha value is -2.44. The van der Waals surface area contributed by atoms with Crippen molar-refractivity contribution in [2.45, 2.75) is 14.8 Å². The van der Waals surface area contributed by atoms with Crippen molar-refractivity contribution in [1.29, 1.82) is 0 Å². The fraction of sp³-hybridized carbons (Fsp3) is 0.0526. The highest BCUT2D eigenvalue weighted by Crippen LogP contribution is 2.33. The van der Waals surface area contributed by atoms with E-state index in [2.05, 4.69) is 5.32 Å². The summed E-state index contributed by atoms with van der Waals surface area (Å²) in [5.41, 5.74) is 0.769. The zero-order chi connectivity index (χ0) is 17.5. The Morgan fingerprint density at radius 3 is 2.48 bits per heavy atom. The molecule has 1 heterocycles. The number of nitrogens with zero attached hydrogens (tertiary/aromatic N) is 1. The zero-order valence-electron chi connectivity index (χ0n) is 13.3. The standard InChI is InChI=1S/C19H16N2O2S2/c22-18(14-24-19-12-6-7-13-21(19)23)20-16-10-4-5-11-17(16)25-15-8-2-1-3-9-15/h1-13H,14H2,(H,20,22). The van der Waals surface area contributed by atoms with Crippen molar-refractivity contribution in [1.82, 2.24) is 0 Å². The van der Waals surface area contributed by atoms with E-state index in [0.29, 0.717) is 5.03 Å². The Labute approximate surface area is 154 Å². The van der Waals surface area contributed by atoms with E-state index in [0.717, 1.165) is 20.2 Å². The van der Waals surface area contributed by atoms with Gasteiger partial charge in [-0.05, 0) is 42.1 Å². The number of carbonyl (C=O) groups excluding carboxylic acids is 1. The summed E-state index contributed by atoms with van der Waals surface area (Å²) in [4.78, 5) is 14.3. The number of amides is 1. The number of hydrogen-bond donors (Lipinski definition) is 1. The molecule has 0 bridgehead atoms. The maximum absolute atomic E-state index is 12.2. The summed E-state index contributed by atoms with van der Waals surface area (Å²) in [5.74, 6) is 0.0336. The minimum absolute atomic E-state index is 0.144. The van der Waals surface area contributed by atoms with E-state index in [9.17, 15) is 10.0 Å². The summed E-state index contributed by atoms with van der Waals surface area (Å²) in [7, 11) is 0. The highest BCUT2D eigenvalue weighted by molar-refractivity contribution is 8.00. The number of para-hydroxylation sites is 1. The van der Waals surface area contributed by atoms with Crippen molar-refractivity contribution in [3.05, 3.63) is 84.2 Å². The molecule has 0 radical (unpaired) electrons. The van der Waals surface area contributed by atoms with Crippen LogP contribution in [-0.4, -0.2) is 11.7 Å². The molecule has 4 nitrogen and oxygen atoms in total. The quantitative estimate of drug-likeness (QED) is 0.402. The molecule has 1 amide bonds. The van der Waals surface area contributed by atoms with Crippen LogP contribution in [0.5, 0.6) is 0 Å². The van der Waals surface area contributed by atoms with Gasteiger partial charge in [0.1, 0.15) is 0 Å². The van der Waals surface area contributed by atoms with Crippen molar-refractivity contribution in [2.24, 2.45) is 0 Å². The van der Waals surface area contributed by atoms with Crippen molar-refractivity contribution in [3.63, 3.8) is 0 Å². The van der Waals surface area contributed by atoms with Gasteiger partial charge in [-0.2, -0.15) is 4.73 Å². The average Bonchev–Trinajstić information content (AvgIpc) is 2.64. The molecule has 0 saturated heterocycles. The maximum atomic E-state index is 12.2. The van der Waals surface area contributed by atoms with Crippen molar-refractivity contribution in [3.8, 4) is 0 Å². The molecule has 0 aliphatic carbocycles. The Kier molecular flexibility index (Phi) is 5.98. The molecule has 2 aromatic carbocycles. The lowest BCUT2D eigenvalue weighted by Gasteiger charge is -2.10. The number of rotatable bonds is 6. The zero-order valence-corrected chi connectivity index (χ0v) is 14.9. The van der Waals surface area contributed by atoms with Gasteiger partial charge in [-0.1, -0.05) is 42.1 Å². The SMILES string of the molecule is O=C(CSc1cccc[n+]1[O-])Nc1ccccc1Sc1ccccc1. The van der Waals surface area contributed by atoms with Crippen LogP contribution in [0.1, 0.15) is 0 Å². The van der Waals surface area contributed by atoms with E-state index >= 15 is 0 Å². The van der Waals surface area contributed by atoms with E-state index in [1.807, 2.05) is 54.6 Å². The van der Waals surface area contributed by atoms with Gasteiger partial charge in [0, 0.05) is 21.9 Å². The van der Waals surface area contributed by atoms with Crippen LogP contribution in [0.3, 0.4) is 0 Å². The van der Waals surface area contributed by atoms with Gasteiger partial charge >= 0.3 is 0 Å². The van der Waals surface area contributed by atoms with Gasteiger partial charge in [0.15, 0.2) is 6.20 Å². The van der Waals surface area contributed by atoms with Crippen LogP contribution in [0.2, 0.25) is 0 Å². The second kappa shape index (κ2) is 8.60. The Balaban J connectivity index is 1.64. The van der Waals surface area contributed by atoms with Crippen molar-refractivity contribution in [2.75, 3.05) is 11.1 Å². The first kappa shape index (κ1) is 17.4. The van der Waals surface area contributed by atoms with Crippen LogP contribution in [-0.2, 0) is 4.79 Å². The van der Waals surface area contributed by atoms with E-state index in [4.69, 9.17) is 0 Å². The summed E-state index contributed by atoms with van der Waals surface area (Å²) in [5, 5.41) is 15.0. The van der Waals surface area contributed by atoms with Gasteiger partial charge in [-0.15, -0.1) is 0 Å². The van der Waals surface area contributed by atoms with Crippen LogP contribution in [0.25, 0.3) is 0 Å². The summed E-state index contributed by atoms with van der Waals surface area (Å²) < 4.78 is 0.761. The molecule has 0 saturated carbocycles. The smallest absolute Gasteiger partial charge is 0.251 e. The van der Waals surface area contributed by atoms with Crippen LogP contribution in [0, 0.1) is 5.21 Å². The van der Waals surface area contributed by atoms with E-state index in [-0.39, 0.29) is 11.7 Å². The lowest BCUT2D eigenvalue weighted by Crippen LogP contribution is -2.28. The summed E-state index contributed by atoms with van der Waals surface area (Å²) >= 11 is 2.81. The van der Waals surface area contributed by atoms with Gasteiger partial charge in [0.25, 0.3) is 5.03 Å². The van der Waals surface area contributed by atoms with Crippen LogP contribution in [0.4, 0.5) is 5.69 Å². The Morgan fingerprint density at radius 1 is 0.960 bits per heavy atom. The first-order valence-electron chi connectivity index (χ1n) is 7.65. The summed E-state index contributed by atoms with van der Waals surface area (Å²) in [6.45, 7) is 0. The second-order valence-electron chi connectivity index (χ2n) is 5.11. The topological polar surface area (TPSA) is 56.0 Å². The first-order chi connectivity index (χ1) is 12.2. The predicted octanol–water partition coefficient (Wildman–Crippen LogP) is 4.20. The van der Waals surface area contributed by atoms with Gasteiger partial charge in [-0.3, -0.25) is 4.79 Å². The minimum atomic E-state index is -0.144. The fourth-order valence-corrected chi connectivity index (χ4v) is 3.76. The normalized spacial score (nSPS) is 10.4. The van der Waals surface area contributed by atoms with E-state index in [1.165, 1.54) is 18.0 Å². The van der Waals surface area contributed by atoms with Gasteiger partial charge in [-0.25, -0.2) is 0 Å². The molecule has 126 valence electrons. The highest BCUT2D eigenvalue weighted by atomic mass is 32.2. The molecule has 1 N–H and O–H groups in total. The third-order valence-electron chi connectivity index (χ3n) is 3.27. The molecule has 0 aliphatic rings. The van der Waals surface area contributed by atoms with Crippen LogP contribution < -0.4 is 10.0 Å². The van der Waals surface area contributed by atoms with Gasteiger partial charge < -0.3 is 10.5 Å². The second-order valence-corrected chi connectivity index (χ2v) is 7.22. The third-order valence-corrected chi connectivity index (χ3v) is 5.37. The van der Waals surface area contributed by atoms with E-state index < -0.39 is 0 Å². The molecule has 25 heavy (non-hydrogen) atoms. The Bertz CT molecular complexity index is 857. The lowest BCUT2D eigenvalue weighted by atomic mass is 10.3. The maximum Gasteiger partial charge on any atom is 0.251 e. The molecule has 6 heteroatoms. The molecular weight excluding hydrogens is 352 g/mol. The largest absolute Gasteiger partial charge is 0.618 e. The minimum Gasteiger partial charge on any atom is -0.618 e. The number of nitrogens with one attached hydrogen (secondary N) is 1. The molecule has 3 rings (SSSR count). The monoisotopic (exact) mass is 368 g/mol. The molecule has 1 aromatic heterocycles. The number of hydrogen-bond acceptors (Lipinski definition) is 4. The van der Waals surface area contributed by atoms with Crippen LogP contribution in [0.15, 0.2) is 93.8 Å². The summed E-state index contributed by atoms with van der Waals surface area (Å²) in [6.07, 6.45) is 1.42. The third kappa shape index (κ3) is 5.01. The number of benzene rings is 2. The molecule has 0 atom stereocenters. The van der Waals surface area contributed by atoms with E-state index in [1.54, 1.807) is 30.0 Å². The number of thioether (sulfide) groups is 1. The summed E-state index contributed by atoms with van der Waals surface area (Å²) in [6, 6.07) is 22.8. The Morgan fingerprint density at radius 2 is 1.68 bits per heavy atom. The lowest BCUT2D eigenvalue weighted by molar-refractivity contribution is -0.645. The van der Waals surface area contributed by atoms with Gasteiger partial charge in [0.05, 0.1) is 11.4 Å². The molecule has 0 unspecified atom stereocenters. The van der Waals surface area contributed by atoms with Crippen molar-refractivity contribution >= 4 is 35.1 Å². The van der Waals surface area contributed by atoms with Crippen molar-refractivity contribution < 1.29 is 9.52 Å².